The molecule has 3 N–H and O–H groups in total. The van der Waals surface area contributed by atoms with Gasteiger partial charge in [-0.05, 0) is 6.92 Å². The number of hydrogen-bond acceptors (Lipinski definition) is 11. The van der Waals surface area contributed by atoms with E-state index in [0.29, 0.717) is 0 Å². The zero-order chi connectivity index (χ0) is 22.9. The second kappa shape index (κ2) is 9.30. The van der Waals surface area contributed by atoms with E-state index in [1.165, 1.54) is 13.1 Å². The zero-order valence-electron chi connectivity index (χ0n) is 16.5. The summed E-state index contributed by atoms with van der Waals surface area (Å²) in [4.78, 5) is 35.2. The smallest absolute Gasteiger partial charge is 0.390 e. The minimum Gasteiger partial charge on any atom is -0.390 e. The van der Waals surface area contributed by atoms with Gasteiger partial charge in [-0.25, -0.2) is 18.0 Å². The van der Waals surface area contributed by atoms with Crippen LogP contribution in [-0.2, 0) is 36.1 Å². The number of hydrogen-bond donors (Lipinski definition) is 3. The third-order valence-electron chi connectivity index (χ3n) is 3.94. The number of aliphatic hydroxyl groups is 1. The SMILES string of the molecule is COP(C)(=O)OP(C)(=O)OP(=O)(O)OC[C@H]1O[C@@H](n2cc(C)c(=O)[nH]c2=O)CC1O. The Labute approximate surface area is 170 Å². The lowest BCUT2D eigenvalue weighted by molar-refractivity contribution is -0.0448. The molecule has 0 amide bonds. The molecule has 2 heterocycles. The van der Waals surface area contributed by atoms with E-state index in [1.54, 1.807) is 0 Å². The van der Waals surface area contributed by atoms with Crippen molar-refractivity contribution in [2.24, 2.45) is 0 Å². The fourth-order valence-corrected chi connectivity index (χ4v) is 7.37. The normalized spacial score (nSPS) is 27.9. The van der Waals surface area contributed by atoms with E-state index in [9.17, 15) is 33.3 Å². The Balaban J connectivity index is 2.02. The van der Waals surface area contributed by atoms with Crippen LogP contribution in [0.2, 0.25) is 0 Å². The second-order valence-electron chi connectivity index (χ2n) is 6.56. The van der Waals surface area contributed by atoms with Crippen molar-refractivity contribution in [1.82, 2.24) is 9.55 Å². The van der Waals surface area contributed by atoms with E-state index in [-0.39, 0.29) is 12.0 Å². The first-order valence-electron chi connectivity index (χ1n) is 8.41. The standard InChI is InChI=1S/C13H23N2O12P3/c1-8-6-15(13(18)14-12(8)17)11-5-9(16)10(25-11)7-24-30(21,22)27-29(4,20)26-28(3,19)23-2/h6,9-11,16H,5,7H2,1-4H3,(H,21,22)(H,14,17,18)/t9?,10-,11-,28?,29?/m1/s1. The molecule has 1 saturated heterocycles. The number of phosphoric acid groups is 1. The van der Waals surface area contributed by atoms with E-state index in [4.69, 9.17) is 9.26 Å². The molecule has 1 aromatic rings. The number of aromatic amines is 1. The maximum atomic E-state index is 12.1. The Kier molecular flexibility index (Phi) is 7.86. The molecule has 0 aliphatic carbocycles. The summed E-state index contributed by atoms with van der Waals surface area (Å²) in [7, 11) is -12.0. The molecule has 1 aliphatic rings. The predicted molar refractivity (Wildman–Crippen MR) is 103 cm³/mol. The average molecular weight is 492 g/mol. The molecular formula is C13H23N2O12P3. The molecule has 6 atom stereocenters. The van der Waals surface area contributed by atoms with Gasteiger partial charge in [0.2, 0.25) is 0 Å². The Morgan fingerprint density at radius 3 is 2.47 bits per heavy atom. The van der Waals surface area contributed by atoms with E-state index >= 15 is 0 Å². The van der Waals surface area contributed by atoms with E-state index in [0.717, 1.165) is 25.0 Å². The number of H-pyrrole nitrogens is 1. The molecule has 0 radical (unpaired) electrons. The third-order valence-corrected chi connectivity index (χ3v) is 9.47. The van der Waals surface area contributed by atoms with Crippen molar-refractivity contribution in [3.05, 3.63) is 32.6 Å². The summed E-state index contributed by atoms with van der Waals surface area (Å²) < 4.78 is 60.7. The van der Waals surface area contributed by atoms with Crippen molar-refractivity contribution >= 4 is 23.0 Å². The van der Waals surface area contributed by atoms with Crippen molar-refractivity contribution in [3.63, 3.8) is 0 Å². The van der Waals surface area contributed by atoms with Crippen molar-refractivity contribution in [2.75, 3.05) is 27.0 Å². The molecule has 17 heteroatoms. The van der Waals surface area contributed by atoms with Crippen LogP contribution in [0.25, 0.3) is 0 Å². The summed E-state index contributed by atoms with van der Waals surface area (Å²) in [6.45, 7) is 2.59. The maximum absolute atomic E-state index is 12.1. The number of aryl methyl sites for hydroxylation is 1. The van der Waals surface area contributed by atoms with Gasteiger partial charge in [-0.2, -0.15) is 0 Å². The van der Waals surface area contributed by atoms with Gasteiger partial charge < -0.3 is 19.3 Å². The molecule has 4 unspecified atom stereocenters. The Morgan fingerprint density at radius 1 is 1.23 bits per heavy atom. The second-order valence-corrected chi connectivity index (χ2v) is 12.5. The lowest BCUT2D eigenvalue weighted by atomic mass is 10.2. The quantitative estimate of drug-likeness (QED) is 0.414. The summed E-state index contributed by atoms with van der Waals surface area (Å²) in [5, 5.41) is 10.1. The Morgan fingerprint density at radius 2 is 1.87 bits per heavy atom. The Hall–Kier alpha value is -0.910. The minimum absolute atomic E-state index is 0.0712. The van der Waals surface area contributed by atoms with Gasteiger partial charge in [-0.15, -0.1) is 0 Å². The van der Waals surface area contributed by atoms with Crippen LogP contribution >= 0.6 is 23.0 Å². The Bertz CT molecular complexity index is 1030. The van der Waals surface area contributed by atoms with Crippen molar-refractivity contribution in [1.29, 1.82) is 0 Å². The molecule has 0 saturated carbocycles. The number of aliphatic hydroxyl groups excluding tert-OH is 1. The molecule has 1 aliphatic heterocycles. The van der Waals surface area contributed by atoms with E-state index in [2.05, 4.69) is 18.1 Å². The molecular weight excluding hydrogens is 469 g/mol. The molecule has 0 aromatic carbocycles. The van der Waals surface area contributed by atoms with Crippen LogP contribution in [0, 0.1) is 6.92 Å². The fraction of sp³-hybridized carbons (Fsp3) is 0.692. The van der Waals surface area contributed by atoms with Gasteiger partial charge in [-0.3, -0.25) is 28.0 Å². The summed E-state index contributed by atoms with van der Waals surface area (Å²) >= 11 is 0. The molecule has 1 fully saturated rings. The molecule has 14 nitrogen and oxygen atoms in total. The highest BCUT2D eigenvalue weighted by molar-refractivity contribution is 7.70. The number of rotatable bonds is 9. The van der Waals surface area contributed by atoms with Crippen LogP contribution in [0.1, 0.15) is 18.2 Å². The van der Waals surface area contributed by atoms with Crippen LogP contribution in [0.15, 0.2) is 15.8 Å². The molecule has 2 rings (SSSR count). The van der Waals surface area contributed by atoms with Gasteiger partial charge in [-0.1, -0.05) is 0 Å². The molecule has 0 bridgehead atoms. The van der Waals surface area contributed by atoms with Crippen LogP contribution in [0.5, 0.6) is 0 Å². The van der Waals surface area contributed by atoms with Gasteiger partial charge in [0.15, 0.2) is 0 Å². The van der Waals surface area contributed by atoms with Crippen LogP contribution < -0.4 is 11.2 Å². The monoisotopic (exact) mass is 492 g/mol. The van der Waals surface area contributed by atoms with Crippen molar-refractivity contribution < 1.29 is 46.1 Å². The van der Waals surface area contributed by atoms with Crippen LogP contribution in [0.3, 0.4) is 0 Å². The minimum atomic E-state index is -4.98. The van der Waals surface area contributed by atoms with E-state index in [1.807, 2.05) is 0 Å². The first-order valence-corrected chi connectivity index (χ1v) is 13.9. The summed E-state index contributed by atoms with van der Waals surface area (Å²) in [6, 6.07) is 0. The van der Waals surface area contributed by atoms with E-state index < -0.39 is 59.3 Å². The number of ether oxygens (including phenoxy) is 1. The summed E-state index contributed by atoms with van der Waals surface area (Å²) in [6.07, 6.45) is -2.12. The molecule has 30 heavy (non-hydrogen) atoms. The fourth-order valence-electron chi connectivity index (χ4n) is 2.53. The number of aromatic nitrogens is 2. The summed E-state index contributed by atoms with van der Waals surface area (Å²) in [5.74, 6) is 0. The van der Waals surface area contributed by atoms with Crippen LogP contribution in [-0.4, -0.2) is 58.8 Å². The predicted octanol–water partition coefficient (Wildman–Crippen LogP) is 0.936. The number of nitrogens with zero attached hydrogens (tertiary/aromatic N) is 1. The van der Waals surface area contributed by atoms with Gasteiger partial charge in [0.05, 0.1) is 12.7 Å². The largest absolute Gasteiger partial charge is 0.479 e. The molecule has 1 aromatic heterocycles. The van der Waals surface area contributed by atoms with Gasteiger partial charge in [0.25, 0.3) is 5.56 Å². The highest BCUT2D eigenvalue weighted by Gasteiger charge is 2.41. The number of phosphoric ester groups is 1. The maximum Gasteiger partial charge on any atom is 0.479 e. The summed E-state index contributed by atoms with van der Waals surface area (Å²) in [5.41, 5.74) is -1.08. The van der Waals surface area contributed by atoms with Crippen molar-refractivity contribution in [2.45, 2.75) is 31.8 Å². The average Bonchev–Trinajstić information content (AvgIpc) is 2.95. The third kappa shape index (κ3) is 6.80. The van der Waals surface area contributed by atoms with Gasteiger partial charge in [0.1, 0.15) is 12.3 Å². The lowest BCUT2D eigenvalue weighted by Gasteiger charge is -2.21. The van der Waals surface area contributed by atoms with Crippen molar-refractivity contribution in [3.8, 4) is 0 Å². The van der Waals surface area contributed by atoms with Gasteiger partial charge >= 0.3 is 28.7 Å². The first-order chi connectivity index (χ1) is 13.6. The molecule has 172 valence electrons. The van der Waals surface area contributed by atoms with Crippen LogP contribution in [0.4, 0.5) is 0 Å². The zero-order valence-corrected chi connectivity index (χ0v) is 19.2. The highest BCUT2D eigenvalue weighted by Crippen LogP contribution is 2.67. The molecule has 0 spiro atoms. The van der Waals surface area contributed by atoms with Gasteiger partial charge in [0, 0.05) is 38.6 Å². The number of nitrogens with one attached hydrogen (secondary N) is 1. The topological polar surface area (TPSA) is 193 Å². The highest BCUT2D eigenvalue weighted by atomic mass is 31.3. The first kappa shape index (κ1) is 25.4. The lowest BCUT2D eigenvalue weighted by Crippen LogP contribution is -2.33.